The van der Waals surface area contributed by atoms with Crippen molar-refractivity contribution in [3.05, 3.63) is 23.9 Å². The third kappa shape index (κ3) is 2.79. The van der Waals surface area contributed by atoms with Gasteiger partial charge in [0.05, 0.1) is 17.3 Å². The monoisotopic (exact) mass is 249 g/mol. The number of nitrogens with zero attached hydrogens (tertiary/aromatic N) is 2. The lowest BCUT2D eigenvalue weighted by Crippen LogP contribution is -2.53. The van der Waals surface area contributed by atoms with Gasteiger partial charge in [-0.05, 0) is 32.9 Å². The van der Waals surface area contributed by atoms with Gasteiger partial charge in [0.25, 0.3) is 5.91 Å². The number of morpholine rings is 1. The molecule has 0 bridgehead atoms. The Morgan fingerprint density at radius 1 is 1.56 bits per heavy atom. The molecule has 1 saturated heterocycles. The highest BCUT2D eigenvalue weighted by molar-refractivity contribution is 5.94. The van der Waals surface area contributed by atoms with Gasteiger partial charge < -0.3 is 15.4 Å². The Labute approximate surface area is 107 Å². The van der Waals surface area contributed by atoms with E-state index in [1.165, 1.54) is 6.20 Å². The zero-order valence-corrected chi connectivity index (χ0v) is 11.0. The van der Waals surface area contributed by atoms with Gasteiger partial charge in [-0.3, -0.25) is 4.79 Å². The van der Waals surface area contributed by atoms with E-state index < -0.39 is 0 Å². The van der Waals surface area contributed by atoms with Crippen molar-refractivity contribution in [2.24, 2.45) is 0 Å². The van der Waals surface area contributed by atoms with Gasteiger partial charge in [0, 0.05) is 19.3 Å². The van der Waals surface area contributed by atoms with E-state index >= 15 is 0 Å². The topological polar surface area (TPSA) is 68.5 Å². The minimum atomic E-state index is -0.311. The SMILES string of the molecule is CC1CN(C(=O)c2ccc(N)nc2)CC(C)(C)O1. The van der Waals surface area contributed by atoms with Gasteiger partial charge in [0.2, 0.25) is 0 Å². The van der Waals surface area contributed by atoms with Crippen molar-refractivity contribution in [3.63, 3.8) is 0 Å². The molecule has 0 aliphatic carbocycles. The van der Waals surface area contributed by atoms with Crippen LogP contribution in [0.2, 0.25) is 0 Å². The average molecular weight is 249 g/mol. The van der Waals surface area contributed by atoms with Crippen molar-refractivity contribution in [2.75, 3.05) is 18.8 Å². The average Bonchev–Trinajstić information content (AvgIpc) is 2.26. The van der Waals surface area contributed by atoms with Crippen LogP contribution in [0.15, 0.2) is 18.3 Å². The first kappa shape index (κ1) is 12.8. The number of aromatic nitrogens is 1. The van der Waals surface area contributed by atoms with Gasteiger partial charge in [0.1, 0.15) is 5.82 Å². The summed E-state index contributed by atoms with van der Waals surface area (Å²) in [5, 5.41) is 0. The second-order valence-electron chi connectivity index (χ2n) is 5.35. The molecule has 1 aromatic heterocycles. The largest absolute Gasteiger partial charge is 0.384 e. The van der Waals surface area contributed by atoms with Crippen LogP contribution in [0.3, 0.4) is 0 Å². The molecule has 0 spiro atoms. The van der Waals surface area contributed by atoms with Crippen molar-refractivity contribution in [3.8, 4) is 0 Å². The lowest BCUT2D eigenvalue weighted by molar-refractivity contribution is -0.118. The summed E-state index contributed by atoms with van der Waals surface area (Å²) in [7, 11) is 0. The van der Waals surface area contributed by atoms with Crippen molar-refractivity contribution >= 4 is 11.7 Å². The Bertz CT molecular complexity index is 442. The molecule has 0 aromatic carbocycles. The molecule has 1 fully saturated rings. The molecule has 1 aromatic rings. The molecule has 1 atom stereocenters. The Hall–Kier alpha value is -1.62. The molecule has 2 N–H and O–H groups in total. The number of carbonyl (C=O) groups excluding carboxylic acids is 1. The summed E-state index contributed by atoms with van der Waals surface area (Å²) in [6, 6.07) is 3.35. The number of nitrogens with two attached hydrogens (primary N) is 1. The predicted molar refractivity (Wildman–Crippen MR) is 69.2 cm³/mol. The number of hydrogen-bond donors (Lipinski definition) is 1. The second kappa shape index (κ2) is 4.57. The number of hydrogen-bond acceptors (Lipinski definition) is 4. The van der Waals surface area contributed by atoms with Gasteiger partial charge in [0.15, 0.2) is 0 Å². The van der Waals surface area contributed by atoms with E-state index in [-0.39, 0.29) is 17.6 Å². The van der Waals surface area contributed by atoms with Crippen LogP contribution in [0.4, 0.5) is 5.82 Å². The molecule has 1 amide bonds. The number of nitrogen functional groups attached to an aromatic ring is 1. The maximum absolute atomic E-state index is 12.3. The van der Waals surface area contributed by atoms with Crippen molar-refractivity contribution in [1.82, 2.24) is 9.88 Å². The van der Waals surface area contributed by atoms with Crippen LogP contribution in [0, 0.1) is 0 Å². The van der Waals surface area contributed by atoms with E-state index in [0.717, 1.165) is 0 Å². The van der Waals surface area contributed by atoms with Gasteiger partial charge in [-0.25, -0.2) is 4.98 Å². The Balaban J connectivity index is 2.16. The lowest BCUT2D eigenvalue weighted by atomic mass is 10.0. The fraction of sp³-hybridized carbons (Fsp3) is 0.538. The molecular weight excluding hydrogens is 230 g/mol. The maximum Gasteiger partial charge on any atom is 0.255 e. The molecule has 2 heterocycles. The van der Waals surface area contributed by atoms with E-state index in [4.69, 9.17) is 10.5 Å². The summed E-state index contributed by atoms with van der Waals surface area (Å²) in [5.41, 5.74) is 5.77. The third-order valence-electron chi connectivity index (χ3n) is 2.89. The fourth-order valence-electron chi connectivity index (χ4n) is 2.32. The van der Waals surface area contributed by atoms with Gasteiger partial charge >= 0.3 is 0 Å². The zero-order chi connectivity index (χ0) is 13.3. The molecule has 2 rings (SSSR count). The first-order chi connectivity index (χ1) is 8.37. The summed E-state index contributed by atoms with van der Waals surface area (Å²) < 4.78 is 5.78. The highest BCUT2D eigenvalue weighted by Crippen LogP contribution is 2.22. The van der Waals surface area contributed by atoms with Gasteiger partial charge in [-0.1, -0.05) is 0 Å². The van der Waals surface area contributed by atoms with Crippen LogP contribution < -0.4 is 5.73 Å². The van der Waals surface area contributed by atoms with Gasteiger partial charge in [-0.15, -0.1) is 0 Å². The summed E-state index contributed by atoms with van der Waals surface area (Å²) in [6.07, 6.45) is 1.56. The first-order valence-electron chi connectivity index (χ1n) is 6.06. The first-order valence-corrected chi connectivity index (χ1v) is 6.06. The minimum Gasteiger partial charge on any atom is -0.384 e. The van der Waals surface area contributed by atoms with Gasteiger partial charge in [-0.2, -0.15) is 0 Å². The third-order valence-corrected chi connectivity index (χ3v) is 2.89. The predicted octanol–water partition coefficient (Wildman–Crippen LogP) is 1.30. The molecule has 5 heteroatoms. The number of ether oxygens (including phenoxy) is 1. The highest BCUT2D eigenvalue weighted by atomic mass is 16.5. The summed E-state index contributed by atoms with van der Waals surface area (Å²) >= 11 is 0. The number of carbonyl (C=O) groups is 1. The summed E-state index contributed by atoms with van der Waals surface area (Å²) in [4.78, 5) is 18.1. The van der Waals surface area contributed by atoms with Crippen LogP contribution in [0.25, 0.3) is 0 Å². The van der Waals surface area contributed by atoms with E-state index in [9.17, 15) is 4.79 Å². The Kier molecular flexibility index (Phi) is 3.26. The quantitative estimate of drug-likeness (QED) is 0.814. The van der Waals surface area contributed by atoms with E-state index in [0.29, 0.717) is 24.5 Å². The number of pyridine rings is 1. The lowest BCUT2D eigenvalue weighted by Gasteiger charge is -2.41. The van der Waals surface area contributed by atoms with Crippen LogP contribution >= 0.6 is 0 Å². The number of amides is 1. The van der Waals surface area contributed by atoms with E-state index in [2.05, 4.69) is 4.98 Å². The zero-order valence-electron chi connectivity index (χ0n) is 11.0. The standard InChI is InChI=1S/C13H19N3O2/c1-9-7-16(8-13(2,3)18-9)12(17)10-4-5-11(14)15-6-10/h4-6,9H,7-8H2,1-3H3,(H2,14,15). The van der Waals surface area contributed by atoms with Crippen LogP contribution in [-0.4, -0.2) is 40.6 Å². The van der Waals surface area contributed by atoms with Crippen molar-refractivity contribution in [2.45, 2.75) is 32.5 Å². The number of anilines is 1. The molecule has 18 heavy (non-hydrogen) atoms. The maximum atomic E-state index is 12.3. The van der Waals surface area contributed by atoms with Crippen LogP contribution in [0.1, 0.15) is 31.1 Å². The molecule has 1 aliphatic heterocycles. The molecular formula is C13H19N3O2. The molecule has 1 unspecified atom stereocenters. The second-order valence-corrected chi connectivity index (χ2v) is 5.35. The van der Waals surface area contributed by atoms with Crippen molar-refractivity contribution in [1.29, 1.82) is 0 Å². The molecule has 5 nitrogen and oxygen atoms in total. The summed E-state index contributed by atoms with van der Waals surface area (Å²) in [5.74, 6) is 0.396. The molecule has 1 aliphatic rings. The van der Waals surface area contributed by atoms with Crippen LogP contribution in [-0.2, 0) is 4.74 Å². The summed E-state index contributed by atoms with van der Waals surface area (Å²) in [6.45, 7) is 7.14. The molecule has 0 saturated carbocycles. The normalized spacial score (nSPS) is 22.8. The van der Waals surface area contributed by atoms with E-state index in [1.54, 1.807) is 17.0 Å². The minimum absolute atomic E-state index is 0.0225. The van der Waals surface area contributed by atoms with Crippen molar-refractivity contribution < 1.29 is 9.53 Å². The van der Waals surface area contributed by atoms with Crippen LogP contribution in [0.5, 0.6) is 0 Å². The molecule has 0 radical (unpaired) electrons. The fourth-order valence-corrected chi connectivity index (χ4v) is 2.32. The smallest absolute Gasteiger partial charge is 0.255 e. The van der Waals surface area contributed by atoms with E-state index in [1.807, 2.05) is 20.8 Å². The highest BCUT2D eigenvalue weighted by Gasteiger charge is 2.34. The molecule has 98 valence electrons. The Morgan fingerprint density at radius 3 is 2.83 bits per heavy atom. The number of rotatable bonds is 1. The Morgan fingerprint density at radius 2 is 2.28 bits per heavy atom.